The predicted molar refractivity (Wildman–Crippen MR) is 218 cm³/mol. The summed E-state index contributed by atoms with van der Waals surface area (Å²) in [7, 11) is 3.80. The molecule has 324 valence electrons. The molecule has 2 saturated heterocycles. The van der Waals surface area contributed by atoms with Gasteiger partial charge in [0.05, 0.1) is 60.5 Å². The van der Waals surface area contributed by atoms with Crippen molar-refractivity contribution >= 4 is 47.4 Å². The van der Waals surface area contributed by atoms with Crippen molar-refractivity contribution in [2.45, 2.75) is 50.6 Å². The molecule has 0 N–H and O–H groups in total. The van der Waals surface area contributed by atoms with Crippen LogP contribution < -0.4 is 18.9 Å². The summed E-state index contributed by atoms with van der Waals surface area (Å²) in [5, 5.41) is 23.4. The Morgan fingerprint density at radius 3 is 1.47 bits per heavy atom. The predicted octanol–water partition coefficient (Wildman–Crippen LogP) is 6.01. The largest absolute Gasteiger partial charge is 0.493 e. The third-order valence-electron chi connectivity index (χ3n) is 10.0. The van der Waals surface area contributed by atoms with Crippen molar-refractivity contribution in [2.75, 3.05) is 34.4 Å². The second-order valence-corrected chi connectivity index (χ2v) is 13.8. The summed E-state index contributed by atoms with van der Waals surface area (Å²) in [5.41, 5.74) is -1.11. The molecule has 0 unspecified atom stereocenters. The van der Waals surface area contributed by atoms with Gasteiger partial charge >= 0.3 is 17.9 Å². The van der Waals surface area contributed by atoms with Gasteiger partial charge in [-0.2, -0.15) is 0 Å². The Morgan fingerprint density at radius 2 is 1.05 bits per heavy atom. The Balaban J connectivity index is 0.000000235. The minimum Gasteiger partial charge on any atom is -0.493 e. The van der Waals surface area contributed by atoms with Gasteiger partial charge in [0.1, 0.15) is 23.5 Å². The van der Waals surface area contributed by atoms with Gasteiger partial charge in [-0.1, -0.05) is 36.4 Å². The van der Waals surface area contributed by atoms with Crippen LogP contribution >= 0.6 is 0 Å². The number of hydrogen-bond acceptors (Lipinski definition) is 15. The number of aldehydes is 1. The molecule has 0 bridgehead atoms. The van der Waals surface area contributed by atoms with E-state index >= 15 is 0 Å². The molecule has 2 heterocycles. The lowest BCUT2D eigenvalue weighted by molar-refractivity contribution is -0.385. The molecule has 2 fully saturated rings. The highest BCUT2D eigenvalue weighted by Gasteiger charge is 2.37. The van der Waals surface area contributed by atoms with Gasteiger partial charge < -0.3 is 38.3 Å². The number of likely N-dealkylation sites (tertiary alicyclic amines) is 2. The third-order valence-corrected chi connectivity index (χ3v) is 10.0. The highest BCUT2D eigenvalue weighted by Crippen LogP contribution is 2.38. The van der Waals surface area contributed by atoms with Crippen molar-refractivity contribution in [2.24, 2.45) is 0 Å². The number of nitro benzene ring substituents is 2. The standard InChI is InChI=1S/C22H22N2O8.C21H20N2O7/c1-30-18-12-15(20(25)23-11-7-6-10-16(23)22(27)31-2)17(24(28)29)13-19(18)32-21(26)14-8-4-3-5-9-14;1-29-18-11-16(20(25)22-10-6-5-9-15(22)13-24)17(23(27)28)12-19(18)30-21(26)14-7-3-2-4-8-14/h3-5,8-9,12-13,16H,6-7,10-11H2,1-2H3;2-4,7-8,11-13,15H,5-6,9-10H2,1H3/t16-;15-/m11/s1. The Kier molecular flexibility index (Phi) is 15.4. The Bertz CT molecular complexity index is 2340. The maximum atomic E-state index is 13.2. The van der Waals surface area contributed by atoms with Crippen LogP contribution in [-0.4, -0.2) is 102 Å². The first-order valence-corrected chi connectivity index (χ1v) is 19.3. The van der Waals surface area contributed by atoms with E-state index in [9.17, 15) is 49.0 Å². The van der Waals surface area contributed by atoms with E-state index in [1.165, 1.54) is 61.5 Å². The maximum Gasteiger partial charge on any atom is 0.343 e. The zero-order valence-electron chi connectivity index (χ0n) is 33.9. The van der Waals surface area contributed by atoms with Crippen molar-refractivity contribution in [3.05, 3.63) is 127 Å². The highest BCUT2D eigenvalue weighted by molar-refractivity contribution is 6.02. The van der Waals surface area contributed by atoms with Crippen LogP contribution in [0.1, 0.15) is 80.0 Å². The SMILES string of the molecule is COC(=O)[C@H]1CCCCN1C(=O)c1cc(OC)c(OC(=O)c2ccccc2)cc1[N+](=O)[O-].COc1cc(C(=O)N2CCCC[C@@H]2C=O)c([N+](=O)[O-])cc1OC(=O)c1ccccc1. The van der Waals surface area contributed by atoms with Crippen molar-refractivity contribution in [3.63, 3.8) is 0 Å². The molecule has 0 saturated carbocycles. The summed E-state index contributed by atoms with van der Waals surface area (Å²) in [6.07, 6.45) is 4.46. The second kappa shape index (κ2) is 21.0. The van der Waals surface area contributed by atoms with E-state index in [4.69, 9.17) is 23.7 Å². The molecule has 62 heavy (non-hydrogen) atoms. The van der Waals surface area contributed by atoms with Gasteiger partial charge in [0.2, 0.25) is 0 Å². The number of amides is 2. The van der Waals surface area contributed by atoms with Crippen molar-refractivity contribution < 1.29 is 62.3 Å². The topological polar surface area (TPSA) is 241 Å². The molecule has 2 aliphatic rings. The lowest BCUT2D eigenvalue weighted by atomic mass is 10.00. The molecule has 4 aromatic rings. The van der Waals surface area contributed by atoms with Gasteiger partial charge in [-0.3, -0.25) is 29.8 Å². The average molecular weight is 855 g/mol. The third kappa shape index (κ3) is 10.5. The number of nitro groups is 2. The molecule has 19 heteroatoms. The fraction of sp³-hybridized carbons (Fsp3) is 0.302. The number of hydrogen-bond donors (Lipinski definition) is 0. The minimum absolute atomic E-state index is 0.00658. The van der Waals surface area contributed by atoms with Gasteiger partial charge in [-0.25, -0.2) is 14.4 Å². The first-order valence-electron chi connectivity index (χ1n) is 19.3. The number of ether oxygens (including phenoxy) is 5. The van der Waals surface area contributed by atoms with Crippen LogP contribution in [0.5, 0.6) is 23.0 Å². The number of carbonyl (C=O) groups is 6. The highest BCUT2D eigenvalue weighted by atomic mass is 16.6. The normalized spacial score (nSPS) is 15.7. The molecule has 0 aliphatic carbocycles. The van der Waals surface area contributed by atoms with E-state index in [0.717, 1.165) is 31.0 Å². The van der Waals surface area contributed by atoms with Crippen molar-refractivity contribution in [1.82, 2.24) is 9.80 Å². The minimum atomic E-state index is -0.831. The molecule has 19 nitrogen and oxygen atoms in total. The van der Waals surface area contributed by atoms with Gasteiger partial charge in [0.15, 0.2) is 23.0 Å². The number of piperidine rings is 2. The molecule has 6 rings (SSSR count). The van der Waals surface area contributed by atoms with Gasteiger partial charge in [-0.15, -0.1) is 0 Å². The molecule has 2 aliphatic heterocycles. The number of esters is 3. The quantitative estimate of drug-likeness (QED) is 0.0521. The first kappa shape index (κ1) is 45.4. The second-order valence-electron chi connectivity index (χ2n) is 13.8. The van der Waals surface area contributed by atoms with Crippen molar-refractivity contribution in [1.29, 1.82) is 0 Å². The zero-order chi connectivity index (χ0) is 44.9. The summed E-state index contributed by atoms with van der Waals surface area (Å²) in [5.74, 6) is -3.81. The number of nitrogens with zero attached hydrogens (tertiary/aromatic N) is 4. The van der Waals surface area contributed by atoms with Crippen LogP contribution in [0.3, 0.4) is 0 Å². The molecule has 0 aromatic heterocycles. The van der Waals surface area contributed by atoms with Crippen LogP contribution in [0.25, 0.3) is 0 Å². The van der Waals surface area contributed by atoms with Crippen LogP contribution in [0.15, 0.2) is 84.9 Å². The summed E-state index contributed by atoms with van der Waals surface area (Å²) < 4.78 is 25.8. The van der Waals surface area contributed by atoms with E-state index in [2.05, 4.69) is 0 Å². The average Bonchev–Trinajstić information content (AvgIpc) is 3.31. The molecule has 2 amide bonds. The number of carbonyl (C=O) groups excluding carboxylic acids is 6. The molecule has 0 radical (unpaired) electrons. The van der Waals surface area contributed by atoms with Gasteiger partial charge in [0.25, 0.3) is 23.2 Å². The Morgan fingerprint density at radius 1 is 0.613 bits per heavy atom. The number of rotatable bonds is 12. The lowest BCUT2D eigenvalue weighted by Crippen LogP contribution is -2.48. The Labute approximate surface area is 354 Å². The van der Waals surface area contributed by atoms with E-state index in [0.29, 0.717) is 38.5 Å². The number of methoxy groups -OCH3 is 3. The first-order chi connectivity index (χ1) is 29.8. The van der Waals surface area contributed by atoms with E-state index < -0.39 is 63.0 Å². The van der Waals surface area contributed by atoms with E-state index in [-0.39, 0.29) is 51.8 Å². The summed E-state index contributed by atoms with van der Waals surface area (Å²) >= 11 is 0. The Hall–Kier alpha value is -7.70. The van der Waals surface area contributed by atoms with E-state index in [1.807, 2.05) is 0 Å². The van der Waals surface area contributed by atoms with Crippen LogP contribution in [0.4, 0.5) is 11.4 Å². The molecule has 2 atom stereocenters. The maximum absolute atomic E-state index is 13.2. The zero-order valence-corrected chi connectivity index (χ0v) is 33.9. The summed E-state index contributed by atoms with van der Waals surface area (Å²) in [6.45, 7) is 0.579. The fourth-order valence-corrected chi connectivity index (χ4v) is 6.90. The van der Waals surface area contributed by atoms with Crippen LogP contribution in [-0.2, 0) is 14.3 Å². The lowest BCUT2D eigenvalue weighted by Gasteiger charge is -2.33. The fourth-order valence-electron chi connectivity index (χ4n) is 6.90. The van der Waals surface area contributed by atoms with Crippen LogP contribution in [0, 0.1) is 20.2 Å². The molecule has 0 spiro atoms. The van der Waals surface area contributed by atoms with Gasteiger partial charge in [0, 0.05) is 25.2 Å². The summed E-state index contributed by atoms with van der Waals surface area (Å²) in [6, 6.07) is 19.0. The number of benzene rings is 4. The van der Waals surface area contributed by atoms with E-state index in [1.54, 1.807) is 36.4 Å². The van der Waals surface area contributed by atoms with Crippen LogP contribution in [0.2, 0.25) is 0 Å². The van der Waals surface area contributed by atoms with Crippen molar-refractivity contribution in [3.8, 4) is 23.0 Å². The molecule has 4 aromatic carbocycles. The van der Waals surface area contributed by atoms with Gasteiger partial charge in [-0.05, 0) is 62.8 Å². The summed E-state index contributed by atoms with van der Waals surface area (Å²) in [4.78, 5) is 99.0. The molecular formula is C43H42N4O15. The smallest absolute Gasteiger partial charge is 0.343 e. The monoisotopic (exact) mass is 854 g/mol. The molecular weight excluding hydrogens is 812 g/mol.